The summed E-state index contributed by atoms with van der Waals surface area (Å²) in [6.45, 7) is 0.695. The number of fused-ring (bicyclic) bond motifs is 2. The van der Waals surface area contributed by atoms with Gasteiger partial charge in [-0.15, -0.1) is 0 Å². The van der Waals surface area contributed by atoms with Crippen molar-refractivity contribution in [3.05, 3.63) is 65.1 Å². The van der Waals surface area contributed by atoms with Crippen molar-refractivity contribution in [2.45, 2.75) is 25.0 Å². The van der Waals surface area contributed by atoms with Crippen molar-refractivity contribution in [2.75, 3.05) is 13.1 Å². The average Bonchev–Trinajstić information content (AvgIpc) is 3.46. The van der Waals surface area contributed by atoms with Crippen LogP contribution in [0.15, 0.2) is 48.7 Å². The molecule has 3 heterocycles. The van der Waals surface area contributed by atoms with E-state index in [0.717, 1.165) is 27.8 Å². The quantitative estimate of drug-likeness (QED) is 0.472. The predicted molar refractivity (Wildman–Crippen MR) is 126 cm³/mol. The lowest BCUT2D eigenvalue weighted by atomic mass is 10.1. The number of carbonyl (C=O) groups excluding carboxylic acids is 2. The molecule has 2 amide bonds. The number of likely N-dealkylation sites (tertiary alicyclic amines) is 1. The third-order valence-electron chi connectivity index (χ3n) is 6.47. The summed E-state index contributed by atoms with van der Waals surface area (Å²) < 4.78 is 3.94. The van der Waals surface area contributed by atoms with Crippen LogP contribution in [-0.2, 0) is 18.3 Å². The molecule has 9 heteroatoms. The summed E-state index contributed by atoms with van der Waals surface area (Å²) in [5.41, 5.74) is 8.48. The third kappa shape index (κ3) is 3.85. The molecule has 1 saturated heterocycles. The average molecular weight is 466 g/mol. The van der Waals surface area contributed by atoms with Crippen molar-refractivity contribution in [1.82, 2.24) is 19.0 Å². The van der Waals surface area contributed by atoms with Crippen molar-refractivity contribution in [3.8, 4) is 0 Å². The first-order valence-corrected chi connectivity index (χ1v) is 11.2. The Morgan fingerprint density at radius 2 is 1.94 bits per heavy atom. The molecule has 0 spiro atoms. The van der Waals surface area contributed by atoms with E-state index in [-0.39, 0.29) is 18.5 Å². The number of hydrogen-bond acceptors (Lipinski definition) is 4. The van der Waals surface area contributed by atoms with Gasteiger partial charge in [0.1, 0.15) is 5.82 Å². The molecule has 0 unspecified atom stereocenters. The van der Waals surface area contributed by atoms with E-state index in [0.29, 0.717) is 30.0 Å². The minimum Gasteiger partial charge on any atom is -0.389 e. The lowest BCUT2D eigenvalue weighted by Crippen LogP contribution is -2.30. The Kier molecular flexibility index (Phi) is 5.34. The molecule has 0 aliphatic carbocycles. The number of hydrogen-bond donors (Lipinski definition) is 2. The summed E-state index contributed by atoms with van der Waals surface area (Å²) >= 11 is 6.07. The lowest BCUT2D eigenvalue weighted by Gasteiger charge is -2.18. The summed E-state index contributed by atoms with van der Waals surface area (Å²) in [6.07, 6.45) is 2.00. The SMILES string of the molecule is Cn1c(CCC(=O)N2C[C@@H](O)[C@H](n3ccc4cc(C(N)=O)ccc43)C2)nc2cc(Cl)ccc21. The second-order valence-corrected chi connectivity index (χ2v) is 8.95. The van der Waals surface area contributed by atoms with Crippen LogP contribution in [0.3, 0.4) is 0 Å². The monoisotopic (exact) mass is 465 g/mol. The second-order valence-electron chi connectivity index (χ2n) is 8.51. The molecule has 3 N–H and O–H groups in total. The fraction of sp³-hybridized carbons (Fsp3) is 0.292. The number of amides is 2. The molecule has 2 aromatic carbocycles. The smallest absolute Gasteiger partial charge is 0.248 e. The number of aliphatic hydroxyl groups excluding tert-OH is 1. The van der Waals surface area contributed by atoms with Gasteiger partial charge in [0.15, 0.2) is 0 Å². The molecule has 5 rings (SSSR count). The van der Waals surface area contributed by atoms with Crippen LogP contribution in [0.2, 0.25) is 5.02 Å². The highest BCUT2D eigenvalue weighted by Gasteiger charge is 2.35. The van der Waals surface area contributed by atoms with Crippen molar-refractivity contribution < 1.29 is 14.7 Å². The zero-order chi connectivity index (χ0) is 23.3. The van der Waals surface area contributed by atoms with Gasteiger partial charge in [0.2, 0.25) is 11.8 Å². The number of nitrogens with two attached hydrogens (primary N) is 1. The van der Waals surface area contributed by atoms with E-state index in [4.69, 9.17) is 17.3 Å². The molecule has 0 bridgehead atoms. The summed E-state index contributed by atoms with van der Waals surface area (Å²) in [5.74, 6) is 0.318. The Labute approximate surface area is 195 Å². The molecule has 4 aromatic rings. The Balaban J connectivity index is 1.29. The van der Waals surface area contributed by atoms with E-state index in [1.807, 2.05) is 52.7 Å². The number of rotatable bonds is 5. The van der Waals surface area contributed by atoms with Crippen molar-refractivity contribution in [1.29, 1.82) is 0 Å². The lowest BCUT2D eigenvalue weighted by molar-refractivity contribution is -0.130. The molecule has 33 heavy (non-hydrogen) atoms. The molecule has 8 nitrogen and oxygen atoms in total. The van der Waals surface area contributed by atoms with Gasteiger partial charge in [-0.25, -0.2) is 4.98 Å². The number of aromatic nitrogens is 3. The largest absolute Gasteiger partial charge is 0.389 e. The molecule has 2 aromatic heterocycles. The van der Waals surface area contributed by atoms with Gasteiger partial charge >= 0.3 is 0 Å². The highest BCUT2D eigenvalue weighted by atomic mass is 35.5. The van der Waals surface area contributed by atoms with Crippen LogP contribution in [0.4, 0.5) is 0 Å². The van der Waals surface area contributed by atoms with Gasteiger partial charge in [0.25, 0.3) is 0 Å². The number of β-amino-alcohol motifs (C(OH)–C–C–N with tert-alkyl or cyclic N) is 1. The van der Waals surface area contributed by atoms with Crippen LogP contribution >= 0.6 is 11.6 Å². The maximum absolute atomic E-state index is 12.9. The number of imidazole rings is 1. The van der Waals surface area contributed by atoms with Crippen molar-refractivity contribution in [3.63, 3.8) is 0 Å². The maximum Gasteiger partial charge on any atom is 0.248 e. The van der Waals surface area contributed by atoms with Crippen LogP contribution in [-0.4, -0.2) is 55.1 Å². The fourth-order valence-electron chi connectivity index (χ4n) is 4.68. The van der Waals surface area contributed by atoms with Crippen LogP contribution in [0.1, 0.15) is 28.6 Å². The molecule has 1 aliphatic rings. The van der Waals surface area contributed by atoms with E-state index < -0.39 is 12.0 Å². The Hall–Kier alpha value is -3.36. The summed E-state index contributed by atoms with van der Waals surface area (Å²) in [5, 5.41) is 12.2. The summed E-state index contributed by atoms with van der Waals surface area (Å²) in [6, 6.07) is 12.4. The van der Waals surface area contributed by atoms with Gasteiger partial charge in [0.05, 0.1) is 23.2 Å². The number of primary amides is 1. The van der Waals surface area contributed by atoms with E-state index in [1.54, 1.807) is 17.0 Å². The topological polar surface area (TPSA) is 106 Å². The van der Waals surface area contributed by atoms with Crippen molar-refractivity contribution >= 4 is 45.4 Å². The zero-order valence-electron chi connectivity index (χ0n) is 18.1. The highest BCUT2D eigenvalue weighted by Crippen LogP contribution is 2.29. The molecule has 0 radical (unpaired) electrons. The van der Waals surface area contributed by atoms with E-state index in [9.17, 15) is 14.7 Å². The van der Waals surface area contributed by atoms with Gasteiger partial charge < -0.3 is 24.9 Å². The second kappa shape index (κ2) is 8.20. The van der Waals surface area contributed by atoms with Gasteiger partial charge in [-0.3, -0.25) is 9.59 Å². The number of nitrogens with zero attached hydrogens (tertiary/aromatic N) is 4. The van der Waals surface area contributed by atoms with Gasteiger partial charge in [-0.1, -0.05) is 11.6 Å². The standard InChI is InChI=1S/C24H24ClN5O3/c1-28-19-5-3-16(25)11-17(19)27-22(28)6-7-23(32)29-12-20(21(31)13-29)30-9-8-14-10-15(24(26)33)2-4-18(14)30/h2-5,8-11,20-21,31H,6-7,12-13H2,1H3,(H2,26,33)/t20-,21-/m1/s1. The molecular formula is C24H24ClN5O3. The number of benzene rings is 2. The Bertz CT molecular complexity index is 1390. The van der Waals surface area contributed by atoms with Crippen LogP contribution in [0, 0.1) is 0 Å². The number of halogens is 1. The molecule has 2 atom stereocenters. The van der Waals surface area contributed by atoms with E-state index >= 15 is 0 Å². The first kappa shape index (κ1) is 21.5. The van der Waals surface area contributed by atoms with Crippen LogP contribution < -0.4 is 5.73 Å². The Morgan fingerprint density at radius 1 is 1.15 bits per heavy atom. The normalized spacial score (nSPS) is 18.5. The van der Waals surface area contributed by atoms with Gasteiger partial charge in [0, 0.05) is 60.7 Å². The highest BCUT2D eigenvalue weighted by molar-refractivity contribution is 6.31. The van der Waals surface area contributed by atoms with E-state index in [1.165, 1.54) is 0 Å². The summed E-state index contributed by atoms with van der Waals surface area (Å²) in [4.78, 5) is 30.7. The first-order valence-electron chi connectivity index (χ1n) is 10.8. The fourth-order valence-corrected chi connectivity index (χ4v) is 4.84. The Morgan fingerprint density at radius 3 is 2.73 bits per heavy atom. The summed E-state index contributed by atoms with van der Waals surface area (Å²) in [7, 11) is 1.93. The minimum atomic E-state index is -0.682. The maximum atomic E-state index is 12.9. The number of aliphatic hydroxyl groups is 1. The van der Waals surface area contributed by atoms with Crippen LogP contribution in [0.25, 0.3) is 21.9 Å². The van der Waals surface area contributed by atoms with Crippen molar-refractivity contribution in [2.24, 2.45) is 12.8 Å². The van der Waals surface area contributed by atoms with Crippen LogP contribution in [0.5, 0.6) is 0 Å². The molecule has 0 saturated carbocycles. The van der Waals surface area contributed by atoms with Gasteiger partial charge in [-0.2, -0.15) is 0 Å². The zero-order valence-corrected chi connectivity index (χ0v) is 18.9. The third-order valence-corrected chi connectivity index (χ3v) is 6.71. The molecular weight excluding hydrogens is 442 g/mol. The number of carbonyl (C=O) groups is 2. The molecule has 1 fully saturated rings. The molecule has 1 aliphatic heterocycles. The predicted octanol–water partition coefficient (Wildman–Crippen LogP) is 2.66. The number of aryl methyl sites for hydroxylation is 2. The van der Waals surface area contributed by atoms with Gasteiger partial charge in [-0.05, 0) is 42.5 Å². The first-order chi connectivity index (χ1) is 15.8. The van der Waals surface area contributed by atoms with E-state index in [2.05, 4.69) is 4.98 Å². The molecule has 170 valence electrons. The minimum absolute atomic E-state index is 0.0193.